The minimum absolute atomic E-state index is 0.111. The maximum Gasteiger partial charge on any atom is 0.397 e. The second kappa shape index (κ2) is 8.32. The summed E-state index contributed by atoms with van der Waals surface area (Å²) in [5, 5.41) is 0. The van der Waals surface area contributed by atoms with Crippen LogP contribution < -0.4 is 0 Å². The molecule has 0 fully saturated rings. The first kappa shape index (κ1) is 19.0. The molecule has 20 heavy (non-hydrogen) atoms. The molecule has 1 aliphatic carbocycles. The summed E-state index contributed by atoms with van der Waals surface area (Å²) in [6, 6.07) is -0.111. The van der Waals surface area contributed by atoms with E-state index in [1.165, 1.54) is 4.90 Å². The minimum Gasteiger partial charge on any atom is -0.339 e. The minimum atomic E-state index is -4.42. The summed E-state index contributed by atoms with van der Waals surface area (Å²) in [7, 11) is 0. The molecule has 0 heterocycles. The highest BCUT2D eigenvalue weighted by atomic mass is 19.4. The lowest BCUT2D eigenvalue weighted by atomic mass is 9.98. The van der Waals surface area contributed by atoms with Gasteiger partial charge in [0.05, 0.1) is 0 Å². The molecule has 1 aliphatic rings. The zero-order chi connectivity index (χ0) is 15.9. The van der Waals surface area contributed by atoms with Crippen LogP contribution in [-0.2, 0) is 4.79 Å². The Morgan fingerprint density at radius 3 is 2.30 bits per heavy atom. The standard InChI is InChI=1S/C13H20F3NO.C2H6/c1-4-7-17(12(18)8-13(14,15)16)11-6-5-9(2)10(11)3;1-2/h5,10-11H,4,6-8H2,1-3H3;1-2H3. The molecule has 0 aromatic carbocycles. The van der Waals surface area contributed by atoms with Crippen molar-refractivity contribution in [1.29, 1.82) is 0 Å². The average Bonchev–Trinajstić information content (AvgIpc) is 2.68. The van der Waals surface area contributed by atoms with Gasteiger partial charge in [-0.05, 0) is 25.7 Å². The summed E-state index contributed by atoms with van der Waals surface area (Å²) in [6.07, 6.45) is -2.43. The molecule has 0 aliphatic heterocycles. The quantitative estimate of drug-likeness (QED) is 0.696. The van der Waals surface area contributed by atoms with Crippen LogP contribution in [-0.4, -0.2) is 29.6 Å². The van der Waals surface area contributed by atoms with Crippen LogP contribution in [0, 0.1) is 5.92 Å². The summed E-state index contributed by atoms with van der Waals surface area (Å²) in [5.74, 6) is -0.655. The number of rotatable bonds is 4. The summed E-state index contributed by atoms with van der Waals surface area (Å²) in [5.41, 5.74) is 1.15. The molecule has 0 N–H and O–H groups in total. The number of hydrogen-bond donors (Lipinski definition) is 0. The molecule has 0 aromatic rings. The summed E-state index contributed by atoms with van der Waals surface area (Å²) in [4.78, 5) is 13.2. The molecule has 0 spiro atoms. The van der Waals surface area contributed by atoms with Gasteiger partial charge in [-0.15, -0.1) is 0 Å². The van der Waals surface area contributed by atoms with E-state index in [4.69, 9.17) is 0 Å². The molecule has 2 atom stereocenters. The highest BCUT2D eigenvalue weighted by Crippen LogP contribution is 2.31. The predicted octanol–water partition coefficient (Wildman–Crippen LogP) is 4.56. The van der Waals surface area contributed by atoms with Crippen molar-refractivity contribution < 1.29 is 18.0 Å². The van der Waals surface area contributed by atoms with Gasteiger partial charge in [-0.2, -0.15) is 13.2 Å². The van der Waals surface area contributed by atoms with Gasteiger partial charge in [0.25, 0.3) is 0 Å². The molecule has 0 saturated heterocycles. The lowest BCUT2D eigenvalue weighted by Crippen LogP contribution is -2.44. The van der Waals surface area contributed by atoms with Gasteiger partial charge >= 0.3 is 6.18 Å². The average molecular weight is 293 g/mol. The van der Waals surface area contributed by atoms with Crippen molar-refractivity contribution in [1.82, 2.24) is 4.90 Å². The normalized spacial score (nSPS) is 21.9. The Kier molecular flexibility index (Phi) is 7.91. The third-order valence-electron chi connectivity index (χ3n) is 3.51. The Labute approximate surface area is 120 Å². The van der Waals surface area contributed by atoms with E-state index in [9.17, 15) is 18.0 Å². The monoisotopic (exact) mass is 293 g/mol. The number of carbonyl (C=O) groups is 1. The molecule has 5 heteroatoms. The molecule has 118 valence electrons. The molecule has 0 aromatic heterocycles. The van der Waals surface area contributed by atoms with Crippen molar-refractivity contribution in [3.05, 3.63) is 11.6 Å². The first-order valence-corrected chi connectivity index (χ1v) is 7.29. The van der Waals surface area contributed by atoms with Crippen LogP contribution in [0.25, 0.3) is 0 Å². The van der Waals surface area contributed by atoms with E-state index in [2.05, 4.69) is 0 Å². The smallest absolute Gasteiger partial charge is 0.339 e. The fraction of sp³-hybridized carbons (Fsp3) is 0.800. The summed E-state index contributed by atoms with van der Waals surface area (Å²) < 4.78 is 36.9. The van der Waals surface area contributed by atoms with E-state index in [1.807, 2.05) is 40.7 Å². The van der Waals surface area contributed by atoms with E-state index < -0.39 is 18.5 Å². The fourth-order valence-electron chi connectivity index (χ4n) is 2.39. The molecular formula is C15H26F3NO. The van der Waals surface area contributed by atoms with Gasteiger partial charge in [0.15, 0.2) is 0 Å². The maximum absolute atomic E-state index is 12.3. The third-order valence-corrected chi connectivity index (χ3v) is 3.51. The van der Waals surface area contributed by atoms with Crippen LogP contribution in [0.1, 0.15) is 53.9 Å². The van der Waals surface area contributed by atoms with Gasteiger partial charge in [0.2, 0.25) is 5.91 Å². The molecule has 0 bridgehead atoms. The lowest BCUT2D eigenvalue weighted by Gasteiger charge is -2.32. The van der Waals surface area contributed by atoms with Crippen LogP contribution in [0.4, 0.5) is 13.2 Å². The molecule has 0 radical (unpaired) electrons. The van der Waals surface area contributed by atoms with Crippen LogP contribution >= 0.6 is 0 Å². The van der Waals surface area contributed by atoms with Gasteiger partial charge in [-0.3, -0.25) is 4.79 Å². The Hall–Kier alpha value is -1.00. The molecule has 0 saturated carbocycles. The Balaban J connectivity index is 0.00000172. The van der Waals surface area contributed by atoms with E-state index in [1.54, 1.807) is 0 Å². The van der Waals surface area contributed by atoms with Gasteiger partial charge in [0, 0.05) is 12.6 Å². The highest BCUT2D eigenvalue weighted by Gasteiger charge is 2.37. The third kappa shape index (κ3) is 5.55. The molecular weight excluding hydrogens is 267 g/mol. The van der Waals surface area contributed by atoms with Gasteiger partial charge < -0.3 is 4.90 Å². The van der Waals surface area contributed by atoms with Crippen molar-refractivity contribution in [2.45, 2.75) is 66.1 Å². The van der Waals surface area contributed by atoms with Crippen LogP contribution in [0.15, 0.2) is 11.6 Å². The Morgan fingerprint density at radius 1 is 1.40 bits per heavy atom. The highest BCUT2D eigenvalue weighted by molar-refractivity contribution is 5.77. The van der Waals surface area contributed by atoms with Crippen molar-refractivity contribution in [2.75, 3.05) is 6.54 Å². The van der Waals surface area contributed by atoms with Crippen molar-refractivity contribution in [2.24, 2.45) is 5.92 Å². The van der Waals surface area contributed by atoms with Gasteiger partial charge in [-0.1, -0.05) is 39.3 Å². The Morgan fingerprint density at radius 2 is 1.95 bits per heavy atom. The van der Waals surface area contributed by atoms with Gasteiger partial charge in [-0.25, -0.2) is 0 Å². The predicted molar refractivity (Wildman–Crippen MR) is 75.4 cm³/mol. The van der Waals surface area contributed by atoms with E-state index in [-0.39, 0.29) is 12.0 Å². The van der Waals surface area contributed by atoms with Crippen LogP contribution in [0.2, 0.25) is 0 Å². The van der Waals surface area contributed by atoms with Crippen molar-refractivity contribution >= 4 is 5.91 Å². The first-order valence-electron chi connectivity index (χ1n) is 7.29. The first-order chi connectivity index (χ1) is 9.26. The molecule has 1 rings (SSSR count). The number of carbonyl (C=O) groups excluding carboxylic acids is 1. The van der Waals surface area contributed by atoms with Crippen LogP contribution in [0.5, 0.6) is 0 Å². The SMILES string of the molecule is CC.CCCN(C(=O)CC(F)(F)F)C1CC=C(C)C1C. The second-order valence-electron chi connectivity index (χ2n) is 4.92. The largest absolute Gasteiger partial charge is 0.397 e. The van der Waals surface area contributed by atoms with E-state index >= 15 is 0 Å². The van der Waals surface area contributed by atoms with E-state index in [0.29, 0.717) is 19.4 Å². The number of nitrogens with zero attached hydrogens (tertiary/aromatic N) is 1. The van der Waals surface area contributed by atoms with Crippen molar-refractivity contribution in [3.8, 4) is 0 Å². The molecule has 1 amide bonds. The second-order valence-corrected chi connectivity index (χ2v) is 4.92. The number of halogens is 3. The fourth-order valence-corrected chi connectivity index (χ4v) is 2.39. The number of alkyl halides is 3. The topological polar surface area (TPSA) is 20.3 Å². The molecule has 2 unspecified atom stereocenters. The zero-order valence-corrected chi connectivity index (χ0v) is 13.0. The Bertz CT molecular complexity index is 337. The number of hydrogen-bond acceptors (Lipinski definition) is 1. The van der Waals surface area contributed by atoms with E-state index in [0.717, 1.165) is 5.57 Å². The summed E-state index contributed by atoms with van der Waals surface area (Å²) >= 11 is 0. The molecule has 2 nitrogen and oxygen atoms in total. The zero-order valence-electron chi connectivity index (χ0n) is 13.0. The van der Waals surface area contributed by atoms with Crippen LogP contribution in [0.3, 0.4) is 0 Å². The van der Waals surface area contributed by atoms with Crippen molar-refractivity contribution in [3.63, 3.8) is 0 Å². The van der Waals surface area contributed by atoms with Gasteiger partial charge in [0.1, 0.15) is 6.42 Å². The lowest BCUT2D eigenvalue weighted by molar-refractivity contribution is -0.163. The number of amides is 1. The summed E-state index contributed by atoms with van der Waals surface area (Å²) in [6.45, 7) is 10.2. The maximum atomic E-state index is 12.3.